The largest absolute Gasteiger partial charge is 0.359 e. The highest BCUT2D eigenvalue weighted by Crippen LogP contribution is 2.25. The van der Waals surface area contributed by atoms with Gasteiger partial charge in [-0.15, -0.1) is 0 Å². The number of rotatable bonds is 3. The second-order valence-electron chi connectivity index (χ2n) is 3.07. The Morgan fingerprint density at radius 2 is 2.46 bits per heavy atom. The topological polar surface area (TPSA) is 68.3 Å². The highest BCUT2D eigenvalue weighted by molar-refractivity contribution is 7.31. The number of nitrogens with zero attached hydrogens (tertiary/aromatic N) is 1. The highest BCUT2D eigenvalue weighted by atomic mass is 31.1. The second kappa shape index (κ2) is 5.51. The Hall–Kier alpha value is -0.200. The summed E-state index contributed by atoms with van der Waals surface area (Å²) in [5, 5.41) is 8.51. The van der Waals surface area contributed by atoms with Crippen LogP contribution in [0.15, 0.2) is 0 Å². The van der Waals surface area contributed by atoms with Crippen molar-refractivity contribution in [2.24, 2.45) is 5.73 Å². The van der Waals surface area contributed by atoms with Crippen molar-refractivity contribution in [1.82, 2.24) is 0 Å². The molecule has 74 valence electrons. The molecule has 0 bridgehead atoms. The maximum absolute atomic E-state index is 8.51. The first-order valence-electron chi connectivity index (χ1n) is 4.36. The molecule has 0 amide bonds. The van der Waals surface area contributed by atoms with E-state index in [0.717, 1.165) is 12.8 Å². The molecular formula is C8H15N2O2P. The van der Waals surface area contributed by atoms with E-state index >= 15 is 0 Å². The lowest BCUT2D eigenvalue weighted by Crippen LogP contribution is -2.40. The fourth-order valence-corrected chi connectivity index (χ4v) is 2.03. The predicted molar refractivity (Wildman–Crippen MR) is 51.4 cm³/mol. The van der Waals surface area contributed by atoms with Crippen molar-refractivity contribution in [2.75, 3.05) is 6.66 Å². The number of nitriles is 1. The molecule has 13 heavy (non-hydrogen) atoms. The summed E-state index contributed by atoms with van der Waals surface area (Å²) in [5.74, 6) is 0. The minimum atomic E-state index is -0.270. The fourth-order valence-electron chi connectivity index (χ4n) is 1.50. The van der Waals surface area contributed by atoms with Crippen molar-refractivity contribution in [1.29, 1.82) is 5.26 Å². The minimum Gasteiger partial charge on any atom is -0.359 e. The smallest absolute Gasteiger partial charge is 0.108 e. The second-order valence-corrected chi connectivity index (χ2v) is 3.72. The maximum Gasteiger partial charge on any atom is 0.108 e. The van der Waals surface area contributed by atoms with Gasteiger partial charge in [-0.25, -0.2) is 0 Å². The minimum absolute atomic E-state index is 0.0462. The summed E-state index contributed by atoms with van der Waals surface area (Å²) in [6.45, 7) is 1.99. The Bertz CT molecular complexity index is 195. The summed E-state index contributed by atoms with van der Waals surface area (Å²) in [4.78, 5) is 0. The zero-order valence-electron chi connectivity index (χ0n) is 7.69. The summed E-state index contributed by atoms with van der Waals surface area (Å²) in [7, 11) is 0.476. The molecule has 1 aliphatic rings. The van der Waals surface area contributed by atoms with Crippen molar-refractivity contribution >= 4 is 8.81 Å². The lowest BCUT2D eigenvalue weighted by Gasteiger charge is -2.32. The average Bonchev–Trinajstić information content (AvgIpc) is 2.04. The van der Waals surface area contributed by atoms with E-state index in [-0.39, 0.29) is 18.4 Å². The predicted octanol–water partition coefficient (Wildman–Crippen LogP) is 0.972. The lowest BCUT2D eigenvalue weighted by atomic mass is 10.0. The molecule has 4 atom stereocenters. The fraction of sp³-hybridized carbons (Fsp3) is 0.875. The Kier molecular flexibility index (Phi) is 4.61. The molecule has 4 nitrogen and oxygen atoms in total. The average molecular weight is 202 g/mol. The summed E-state index contributed by atoms with van der Waals surface area (Å²) in [6.07, 6.45) is 1.79. The van der Waals surface area contributed by atoms with Gasteiger partial charge in [-0.05, 0) is 6.66 Å². The molecule has 1 fully saturated rings. The first-order valence-corrected chi connectivity index (χ1v) is 5.77. The van der Waals surface area contributed by atoms with E-state index in [1.54, 1.807) is 0 Å². The SMILES string of the molecule is CPOC1CC(N)OC(CC#N)C1. The van der Waals surface area contributed by atoms with E-state index < -0.39 is 0 Å². The summed E-state index contributed by atoms with van der Waals surface area (Å²) >= 11 is 0. The van der Waals surface area contributed by atoms with E-state index in [4.69, 9.17) is 20.3 Å². The van der Waals surface area contributed by atoms with Crippen LogP contribution in [0.4, 0.5) is 0 Å². The van der Waals surface area contributed by atoms with Crippen LogP contribution in [0.3, 0.4) is 0 Å². The molecule has 0 radical (unpaired) electrons. The summed E-state index contributed by atoms with van der Waals surface area (Å²) in [5.41, 5.74) is 5.67. The molecule has 1 saturated heterocycles. The number of ether oxygens (including phenoxy) is 1. The van der Waals surface area contributed by atoms with Gasteiger partial charge in [-0.2, -0.15) is 5.26 Å². The van der Waals surface area contributed by atoms with Gasteiger partial charge in [-0.3, -0.25) is 0 Å². The van der Waals surface area contributed by atoms with Crippen LogP contribution in [-0.2, 0) is 9.26 Å². The van der Waals surface area contributed by atoms with Crippen molar-refractivity contribution in [3.8, 4) is 6.07 Å². The number of nitrogens with two attached hydrogens (primary N) is 1. The van der Waals surface area contributed by atoms with E-state index in [1.807, 2.05) is 6.66 Å². The Morgan fingerprint density at radius 3 is 3.08 bits per heavy atom. The van der Waals surface area contributed by atoms with Gasteiger partial charge >= 0.3 is 0 Å². The molecule has 0 spiro atoms. The summed E-state index contributed by atoms with van der Waals surface area (Å²) < 4.78 is 10.9. The monoisotopic (exact) mass is 202 g/mol. The van der Waals surface area contributed by atoms with Gasteiger partial charge < -0.3 is 15.0 Å². The van der Waals surface area contributed by atoms with Gasteiger partial charge in [0.15, 0.2) is 0 Å². The standard InChI is InChI=1S/C8H15N2O2P/c1-13-12-7-4-6(2-3-9)11-8(10)5-7/h6-8,13H,2,4-5,10H2,1H3. The quantitative estimate of drug-likeness (QED) is 0.692. The van der Waals surface area contributed by atoms with Gasteiger partial charge in [0.1, 0.15) is 6.23 Å². The van der Waals surface area contributed by atoms with Gasteiger partial charge in [0.05, 0.1) is 24.7 Å². The molecule has 0 aromatic heterocycles. The normalized spacial score (nSPS) is 35.0. The third kappa shape index (κ3) is 3.58. The van der Waals surface area contributed by atoms with Crippen molar-refractivity contribution in [3.63, 3.8) is 0 Å². The van der Waals surface area contributed by atoms with Crippen LogP contribution < -0.4 is 5.73 Å². The van der Waals surface area contributed by atoms with Crippen LogP contribution in [-0.4, -0.2) is 25.1 Å². The lowest BCUT2D eigenvalue weighted by molar-refractivity contribution is -0.0806. The van der Waals surface area contributed by atoms with Crippen LogP contribution in [0.25, 0.3) is 0 Å². The Morgan fingerprint density at radius 1 is 1.69 bits per heavy atom. The zero-order valence-corrected chi connectivity index (χ0v) is 8.69. The van der Waals surface area contributed by atoms with Crippen molar-refractivity contribution in [2.45, 2.75) is 37.7 Å². The number of hydrogen-bond donors (Lipinski definition) is 1. The Labute approximate surface area is 80.2 Å². The van der Waals surface area contributed by atoms with Crippen LogP contribution in [0.1, 0.15) is 19.3 Å². The van der Waals surface area contributed by atoms with Crippen LogP contribution in [0, 0.1) is 11.3 Å². The van der Waals surface area contributed by atoms with Gasteiger partial charge in [0, 0.05) is 21.6 Å². The zero-order chi connectivity index (χ0) is 9.68. The molecule has 1 rings (SSSR count). The van der Waals surface area contributed by atoms with Crippen LogP contribution in [0.5, 0.6) is 0 Å². The van der Waals surface area contributed by atoms with Crippen molar-refractivity contribution < 1.29 is 9.26 Å². The number of hydrogen-bond acceptors (Lipinski definition) is 4. The molecule has 4 unspecified atom stereocenters. The molecule has 0 saturated carbocycles. The van der Waals surface area contributed by atoms with E-state index in [1.165, 1.54) is 0 Å². The molecule has 1 heterocycles. The third-order valence-electron chi connectivity index (χ3n) is 1.99. The first-order chi connectivity index (χ1) is 6.26. The summed E-state index contributed by atoms with van der Waals surface area (Å²) in [6, 6.07) is 2.09. The Balaban J connectivity index is 2.38. The molecule has 2 N–H and O–H groups in total. The van der Waals surface area contributed by atoms with E-state index in [2.05, 4.69) is 6.07 Å². The van der Waals surface area contributed by atoms with Gasteiger partial charge in [0.2, 0.25) is 0 Å². The first kappa shape index (κ1) is 10.9. The van der Waals surface area contributed by atoms with Crippen LogP contribution in [0.2, 0.25) is 0 Å². The molecule has 0 aromatic carbocycles. The van der Waals surface area contributed by atoms with Gasteiger partial charge in [0.25, 0.3) is 0 Å². The molecule has 0 aliphatic carbocycles. The molecule has 5 heteroatoms. The van der Waals surface area contributed by atoms with E-state index in [9.17, 15) is 0 Å². The molecule has 0 aromatic rings. The molecular weight excluding hydrogens is 187 g/mol. The maximum atomic E-state index is 8.51. The van der Waals surface area contributed by atoms with Crippen LogP contribution >= 0.6 is 8.81 Å². The highest BCUT2D eigenvalue weighted by Gasteiger charge is 2.27. The van der Waals surface area contributed by atoms with Crippen molar-refractivity contribution in [3.05, 3.63) is 0 Å². The van der Waals surface area contributed by atoms with E-state index in [0.29, 0.717) is 15.2 Å². The third-order valence-corrected chi connectivity index (χ3v) is 2.56. The molecule has 1 aliphatic heterocycles. The van der Waals surface area contributed by atoms with Gasteiger partial charge in [-0.1, -0.05) is 0 Å².